The summed E-state index contributed by atoms with van der Waals surface area (Å²) in [5.74, 6) is -3.59. The number of likely N-dealkylation sites (tertiary alicyclic amines) is 1. The molecule has 10 heteroatoms. The van der Waals surface area contributed by atoms with Gasteiger partial charge in [-0.2, -0.15) is 0 Å². The fourth-order valence-corrected chi connectivity index (χ4v) is 6.97. The lowest BCUT2D eigenvalue weighted by molar-refractivity contribution is -0.161. The molecule has 2 N–H and O–H groups in total. The lowest BCUT2D eigenvalue weighted by Crippen LogP contribution is -2.60. The van der Waals surface area contributed by atoms with Crippen molar-refractivity contribution in [3.63, 3.8) is 0 Å². The number of aliphatic hydroxyl groups excluding tert-OH is 1. The number of amides is 3. The molecule has 0 aromatic heterocycles. The average Bonchev–Trinajstić information content (AvgIpc) is 3.64. The number of nitrogens with one attached hydrogen (secondary N) is 1. The Balaban J connectivity index is 1.60. The van der Waals surface area contributed by atoms with E-state index in [9.17, 15) is 24.3 Å². The molecular weight excluding hydrogens is 550 g/mol. The second-order valence-corrected chi connectivity index (χ2v) is 12.3. The number of nitrogens with zero attached hydrogens (tertiary/aromatic N) is 2. The molecule has 10 nitrogen and oxygen atoms in total. The molecule has 2 saturated heterocycles. The van der Waals surface area contributed by atoms with Crippen molar-refractivity contribution in [2.75, 3.05) is 19.7 Å². The first-order chi connectivity index (χ1) is 20.6. The van der Waals surface area contributed by atoms with Gasteiger partial charge in [0.25, 0.3) is 0 Å². The number of carbonyl (C=O) groups is 4. The zero-order chi connectivity index (χ0) is 30.9. The van der Waals surface area contributed by atoms with E-state index >= 15 is 0 Å². The van der Waals surface area contributed by atoms with Crippen LogP contribution in [0.4, 0.5) is 0 Å². The van der Waals surface area contributed by atoms with Crippen LogP contribution in [0, 0.1) is 17.8 Å². The molecule has 3 amide bonds. The standard InChI is InChI=1S/C33H43N3O7/c1-5-21(4)23(19-37)36-29-31(40)35(20(2)3)17-11-7-10-14-26(38)34-18-25(22-12-8-6-9-13-22)42-32(41)27-24-15-16-33(29,43-24)28(27)30(36)39/h6-9,11-13,15-16,20-21,23-25,27-29,37H,5,10,14,17-19H2,1-4H3,(H,34,38)/b11-7-/t21-,23-,24-,25-,27+,28+,29-,33+/m0/s1. The maximum absolute atomic E-state index is 14.5. The molecule has 0 radical (unpaired) electrons. The van der Waals surface area contributed by atoms with E-state index in [-0.39, 0.29) is 49.9 Å². The number of fused-ring (bicyclic) bond motifs is 2. The quantitative estimate of drug-likeness (QED) is 0.384. The van der Waals surface area contributed by atoms with Gasteiger partial charge in [0, 0.05) is 19.0 Å². The zero-order valence-electron chi connectivity index (χ0n) is 25.3. The predicted molar refractivity (Wildman–Crippen MR) is 158 cm³/mol. The molecule has 1 aromatic rings. The molecule has 1 spiro atoms. The van der Waals surface area contributed by atoms with Gasteiger partial charge in [-0.15, -0.1) is 0 Å². The Hall–Kier alpha value is -3.50. The molecular formula is C33H43N3O7. The van der Waals surface area contributed by atoms with Gasteiger partial charge in [-0.25, -0.2) is 0 Å². The first-order valence-corrected chi connectivity index (χ1v) is 15.4. The van der Waals surface area contributed by atoms with Gasteiger partial charge in [-0.3, -0.25) is 19.2 Å². The fraction of sp³-hybridized carbons (Fsp3) is 0.576. The topological polar surface area (TPSA) is 125 Å². The normalized spacial score (nSPS) is 33.4. The minimum absolute atomic E-state index is 0.0745. The number of hydrogen-bond donors (Lipinski definition) is 2. The summed E-state index contributed by atoms with van der Waals surface area (Å²) in [6, 6.07) is 7.25. The van der Waals surface area contributed by atoms with Crippen LogP contribution < -0.4 is 5.32 Å². The summed E-state index contributed by atoms with van der Waals surface area (Å²) in [7, 11) is 0. The fourth-order valence-electron chi connectivity index (χ4n) is 6.97. The smallest absolute Gasteiger partial charge is 0.313 e. The molecule has 0 unspecified atom stereocenters. The van der Waals surface area contributed by atoms with Gasteiger partial charge >= 0.3 is 5.97 Å². The van der Waals surface area contributed by atoms with Crippen LogP contribution in [0.5, 0.6) is 0 Å². The van der Waals surface area contributed by atoms with E-state index in [1.54, 1.807) is 17.1 Å². The Morgan fingerprint density at radius 3 is 2.49 bits per heavy atom. The molecule has 4 aliphatic rings. The Morgan fingerprint density at radius 2 is 1.81 bits per heavy atom. The van der Waals surface area contributed by atoms with Crippen LogP contribution in [0.2, 0.25) is 0 Å². The number of hydrogen-bond acceptors (Lipinski definition) is 7. The number of ether oxygens (including phenoxy) is 2. The summed E-state index contributed by atoms with van der Waals surface area (Å²) in [4.78, 5) is 58.9. The van der Waals surface area contributed by atoms with E-state index in [0.717, 1.165) is 0 Å². The Morgan fingerprint density at radius 1 is 1.07 bits per heavy atom. The van der Waals surface area contributed by atoms with Gasteiger partial charge in [-0.1, -0.05) is 74.9 Å². The van der Waals surface area contributed by atoms with Crippen LogP contribution in [0.1, 0.15) is 58.6 Å². The van der Waals surface area contributed by atoms with Crippen molar-refractivity contribution in [1.82, 2.24) is 15.1 Å². The highest BCUT2D eigenvalue weighted by atomic mass is 16.6. The maximum atomic E-state index is 14.5. The summed E-state index contributed by atoms with van der Waals surface area (Å²) < 4.78 is 12.6. The molecule has 4 heterocycles. The van der Waals surface area contributed by atoms with E-state index in [4.69, 9.17) is 9.47 Å². The number of allylic oxidation sites excluding steroid dienone is 1. The highest BCUT2D eigenvalue weighted by Gasteiger charge is 2.74. The largest absolute Gasteiger partial charge is 0.455 e. The van der Waals surface area contributed by atoms with Gasteiger partial charge in [0.2, 0.25) is 17.7 Å². The summed E-state index contributed by atoms with van der Waals surface area (Å²) in [5.41, 5.74) is -0.662. The molecule has 232 valence electrons. The summed E-state index contributed by atoms with van der Waals surface area (Å²) in [6.45, 7) is 7.76. The van der Waals surface area contributed by atoms with Crippen molar-refractivity contribution < 1.29 is 33.8 Å². The van der Waals surface area contributed by atoms with Gasteiger partial charge < -0.3 is 29.7 Å². The van der Waals surface area contributed by atoms with Crippen molar-refractivity contribution in [3.05, 3.63) is 60.2 Å². The van der Waals surface area contributed by atoms with E-state index in [2.05, 4.69) is 5.32 Å². The van der Waals surface area contributed by atoms with Crippen molar-refractivity contribution in [2.24, 2.45) is 17.8 Å². The van der Waals surface area contributed by atoms with Crippen molar-refractivity contribution in [2.45, 2.75) is 82.9 Å². The molecule has 4 aliphatic heterocycles. The minimum Gasteiger partial charge on any atom is -0.455 e. The lowest BCUT2D eigenvalue weighted by Gasteiger charge is -2.41. The number of aliphatic hydroxyl groups is 1. The highest BCUT2D eigenvalue weighted by molar-refractivity contribution is 5.99. The van der Waals surface area contributed by atoms with Crippen LogP contribution in [-0.4, -0.2) is 88.1 Å². The Kier molecular flexibility index (Phi) is 9.08. The van der Waals surface area contributed by atoms with Crippen LogP contribution in [-0.2, 0) is 28.7 Å². The van der Waals surface area contributed by atoms with E-state index in [0.29, 0.717) is 18.4 Å². The van der Waals surface area contributed by atoms with Crippen LogP contribution >= 0.6 is 0 Å². The van der Waals surface area contributed by atoms with E-state index in [1.807, 2.05) is 70.2 Å². The average molecular weight is 594 g/mol. The molecule has 5 rings (SSSR count). The van der Waals surface area contributed by atoms with Gasteiger partial charge in [-0.05, 0) is 31.7 Å². The second kappa shape index (κ2) is 12.6. The van der Waals surface area contributed by atoms with E-state index in [1.165, 1.54) is 4.90 Å². The zero-order valence-corrected chi connectivity index (χ0v) is 25.3. The monoisotopic (exact) mass is 593 g/mol. The van der Waals surface area contributed by atoms with Crippen molar-refractivity contribution in [1.29, 1.82) is 0 Å². The predicted octanol–water partition coefficient (Wildman–Crippen LogP) is 2.53. The number of cyclic esters (lactones) is 1. The van der Waals surface area contributed by atoms with Gasteiger partial charge in [0.05, 0.1) is 31.2 Å². The number of rotatable bonds is 6. The minimum atomic E-state index is -1.37. The molecule has 0 aliphatic carbocycles. The first kappa shape index (κ1) is 30.9. The molecule has 1 aromatic carbocycles. The molecule has 2 fully saturated rings. The lowest BCUT2D eigenvalue weighted by atomic mass is 9.74. The maximum Gasteiger partial charge on any atom is 0.313 e. The number of carbonyl (C=O) groups excluding carboxylic acids is 4. The SMILES string of the molecule is CC[C@H](C)[C@H](CO)N1C(=O)[C@H]2[C@@H]3C(=O)O[C@H](c4ccccc4)CNC(=O)CC/C=C\CN(C(C)C)C(=O)[C@H]1[C@@]21C=C[C@@H]3O1. The molecule has 5 bridgehead atoms. The third-order valence-corrected chi connectivity index (χ3v) is 9.49. The molecule has 8 atom stereocenters. The summed E-state index contributed by atoms with van der Waals surface area (Å²) in [6.07, 6.45) is 7.13. The Bertz CT molecular complexity index is 1280. The molecule has 43 heavy (non-hydrogen) atoms. The van der Waals surface area contributed by atoms with Crippen molar-refractivity contribution in [3.8, 4) is 0 Å². The van der Waals surface area contributed by atoms with Crippen LogP contribution in [0.3, 0.4) is 0 Å². The Labute approximate surface area is 253 Å². The highest BCUT2D eigenvalue weighted by Crippen LogP contribution is 2.56. The van der Waals surface area contributed by atoms with Gasteiger partial charge in [0.15, 0.2) is 0 Å². The second-order valence-electron chi connectivity index (χ2n) is 12.3. The first-order valence-electron chi connectivity index (χ1n) is 15.4. The van der Waals surface area contributed by atoms with Crippen molar-refractivity contribution >= 4 is 23.7 Å². The summed E-state index contributed by atoms with van der Waals surface area (Å²) in [5, 5.41) is 13.4. The third-order valence-electron chi connectivity index (χ3n) is 9.49. The number of esters is 1. The van der Waals surface area contributed by atoms with Crippen LogP contribution in [0.15, 0.2) is 54.6 Å². The summed E-state index contributed by atoms with van der Waals surface area (Å²) >= 11 is 0. The van der Waals surface area contributed by atoms with Crippen LogP contribution in [0.25, 0.3) is 0 Å². The number of benzene rings is 1. The van der Waals surface area contributed by atoms with E-state index < -0.39 is 53.6 Å². The third kappa shape index (κ3) is 5.51. The molecule has 0 saturated carbocycles. The van der Waals surface area contributed by atoms with Gasteiger partial charge in [0.1, 0.15) is 23.7 Å².